The molecule has 0 amide bonds. The number of hydrogen-bond acceptors (Lipinski definition) is 4. The van der Waals surface area contributed by atoms with Gasteiger partial charge in [0.1, 0.15) is 12.2 Å². The van der Waals surface area contributed by atoms with Crippen LogP contribution in [0.1, 0.15) is 12.7 Å². The Labute approximate surface area is 104 Å². The summed E-state index contributed by atoms with van der Waals surface area (Å²) in [6.07, 6.45) is 1.88. The molecule has 0 aliphatic carbocycles. The summed E-state index contributed by atoms with van der Waals surface area (Å²) in [5, 5.41) is 4.97. The average Bonchev–Trinajstić information content (AvgIpc) is 2.68. The topological polar surface area (TPSA) is 43.2 Å². The second-order valence-electron chi connectivity index (χ2n) is 4.19. The van der Waals surface area contributed by atoms with E-state index in [0.29, 0.717) is 6.04 Å². The van der Waals surface area contributed by atoms with Gasteiger partial charge in [0.05, 0.1) is 19.3 Å². The molecule has 1 aliphatic rings. The smallest absolute Gasteiger partial charge is 0.140 e. The predicted octanol–water partition coefficient (Wildman–Crippen LogP) is 0.799. The molecule has 16 heavy (non-hydrogen) atoms. The van der Waals surface area contributed by atoms with E-state index in [2.05, 4.69) is 37.8 Å². The highest BCUT2D eigenvalue weighted by Gasteiger charge is 2.26. The molecule has 0 radical (unpaired) electrons. The fourth-order valence-electron chi connectivity index (χ4n) is 1.83. The Morgan fingerprint density at radius 2 is 2.44 bits per heavy atom. The molecule has 2 unspecified atom stereocenters. The van der Waals surface area contributed by atoms with Crippen molar-refractivity contribution in [3.05, 3.63) is 12.2 Å². The molecule has 0 saturated carbocycles. The van der Waals surface area contributed by atoms with Crippen LogP contribution in [0.4, 0.5) is 0 Å². The minimum atomic E-state index is 0.282. The maximum absolute atomic E-state index is 5.69. The monoisotopic (exact) mass is 288 g/mol. The van der Waals surface area contributed by atoms with E-state index in [1.165, 1.54) is 0 Å². The maximum Gasteiger partial charge on any atom is 0.140 e. The van der Waals surface area contributed by atoms with Gasteiger partial charge in [0.2, 0.25) is 0 Å². The third kappa shape index (κ3) is 2.61. The zero-order valence-electron chi connectivity index (χ0n) is 9.64. The number of halogens is 1. The molecule has 0 aromatic carbocycles. The molecular formula is C10H17BrN4O. The van der Waals surface area contributed by atoms with Crippen molar-refractivity contribution in [2.75, 3.05) is 18.5 Å². The van der Waals surface area contributed by atoms with Crippen molar-refractivity contribution in [3.8, 4) is 0 Å². The van der Waals surface area contributed by atoms with Crippen molar-refractivity contribution in [2.24, 2.45) is 7.05 Å². The van der Waals surface area contributed by atoms with E-state index in [9.17, 15) is 0 Å². The molecule has 0 bridgehead atoms. The van der Waals surface area contributed by atoms with Gasteiger partial charge in [0, 0.05) is 25.0 Å². The van der Waals surface area contributed by atoms with Crippen molar-refractivity contribution in [1.82, 2.24) is 19.7 Å². The minimum Gasteiger partial charge on any atom is -0.374 e. The Balaban J connectivity index is 1.99. The number of rotatable bonds is 3. The van der Waals surface area contributed by atoms with Crippen molar-refractivity contribution in [3.63, 3.8) is 0 Å². The van der Waals surface area contributed by atoms with Gasteiger partial charge in [0.25, 0.3) is 0 Å². The van der Waals surface area contributed by atoms with Crippen molar-refractivity contribution in [1.29, 1.82) is 0 Å². The molecule has 0 spiro atoms. The number of aryl methyl sites for hydroxylation is 1. The molecule has 1 aliphatic heterocycles. The Morgan fingerprint density at radius 3 is 3.06 bits per heavy atom. The van der Waals surface area contributed by atoms with E-state index in [4.69, 9.17) is 4.74 Å². The Morgan fingerprint density at radius 1 is 1.62 bits per heavy atom. The van der Waals surface area contributed by atoms with Gasteiger partial charge in [-0.15, -0.1) is 0 Å². The summed E-state index contributed by atoms with van der Waals surface area (Å²) in [6, 6.07) is 0.437. The molecule has 90 valence electrons. The normalized spacial score (nSPS) is 27.2. The zero-order chi connectivity index (χ0) is 11.5. The molecular weight excluding hydrogens is 272 g/mol. The van der Waals surface area contributed by atoms with Gasteiger partial charge in [0.15, 0.2) is 0 Å². The van der Waals surface area contributed by atoms with E-state index in [1.807, 2.05) is 11.7 Å². The molecule has 2 atom stereocenters. The summed E-state index contributed by atoms with van der Waals surface area (Å²) < 4.78 is 7.51. The van der Waals surface area contributed by atoms with E-state index in [0.717, 1.165) is 30.9 Å². The van der Waals surface area contributed by atoms with Crippen LogP contribution in [0.5, 0.6) is 0 Å². The van der Waals surface area contributed by atoms with Gasteiger partial charge in [-0.2, -0.15) is 5.10 Å². The van der Waals surface area contributed by atoms with Gasteiger partial charge in [-0.1, -0.05) is 15.9 Å². The summed E-state index contributed by atoms with van der Waals surface area (Å²) in [6.45, 7) is 4.75. The molecule has 6 heteroatoms. The molecule has 1 fully saturated rings. The number of ether oxygens (including phenoxy) is 1. The van der Waals surface area contributed by atoms with Crippen LogP contribution >= 0.6 is 15.9 Å². The molecule has 1 aromatic rings. The first-order valence-electron chi connectivity index (χ1n) is 5.45. The summed E-state index contributed by atoms with van der Waals surface area (Å²) in [5.41, 5.74) is 0. The largest absolute Gasteiger partial charge is 0.374 e. The lowest BCUT2D eigenvalue weighted by Crippen LogP contribution is -2.48. The maximum atomic E-state index is 5.69. The van der Waals surface area contributed by atoms with E-state index in [1.54, 1.807) is 6.33 Å². The Kier molecular flexibility index (Phi) is 3.94. The summed E-state index contributed by atoms with van der Waals surface area (Å²) >= 11 is 3.47. The first-order valence-corrected chi connectivity index (χ1v) is 6.57. The van der Waals surface area contributed by atoms with Crippen molar-refractivity contribution in [2.45, 2.75) is 25.6 Å². The second-order valence-corrected chi connectivity index (χ2v) is 4.84. The standard InChI is InChI=1S/C10H17BrN4O/c1-8-6-16-9(3-11)4-15(8)5-10-12-7-13-14(10)2/h7-9H,3-6H2,1-2H3. The summed E-state index contributed by atoms with van der Waals surface area (Å²) in [5.74, 6) is 1.00. The molecule has 5 nitrogen and oxygen atoms in total. The lowest BCUT2D eigenvalue weighted by molar-refractivity contribution is -0.0511. The fourth-order valence-corrected chi connectivity index (χ4v) is 2.23. The Bertz CT molecular complexity index is 343. The number of hydrogen-bond donors (Lipinski definition) is 0. The highest BCUT2D eigenvalue weighted by molar-refractivity contribution is 9.09. The first kappa shape index (κ1) is 12.0. The Hall–Kier alpha value is -0.460. The lowest BCUT2D eigenvalue weighted by atomic mass is 10.2. The van der Waals surface area contributed by atoms with Crippen LogP contribution in [-0.4, -0.2) is 50.3 Å². The van der Waals surface area contributed by atoms with Gasteiger partial charge in [-0.25, -0.2) is 4.98 Å². The van der Waals surface area contributed by atoms with Gasteiger partial charge >= 0.3 is 0 Å². The number of nitrogens with zero attached hydrogens (tertiary/aromatic N) is 4. The minimum absolute atomic E-state index is 0.282. The second kappa shape index (κ2) is 5.25. The van der Waals surface area contributed by atoms with Crippen LogP contribution < -0.4 is 0 Å². The summed E-state index contributed by atoms with van der Waals surface area (Å²) in [4.78, 5) is 6.64. The number of alkyl halides is 1. The predicted molar refractivity (Wildman–Crippen MR) is 64.4 cm³/mol. The van der Waals surface area contributed by atoms with Crippen molar-refractivity contribution >= 4 is 15.9 Å². The quantitative estimate of drug-likeness (QED) is 0.772. The van der Waals surface area contributed by atoms with Gasteiger partial charge in [-0.05, 0) is 6.92 Å². The third-order valence-electron chi connectivity index (χ3n) is 2.96. The van der Waals surface area contributed by atoms with Crippen LogP contribution in [0.25, 0.3) is 0 Å². The molecule has 1 aromatic heterocycles. The molecule has 0 N–H and O–H groups in total. The number of aromatic nitrogens is 3. The molecule has 2 rings (SSSR count). The van der Waals surface area contributed by atoms with E-state index >= 15 is 0 Å². The van der Waals surface area contributed by atoms with Crippen molar-refractivity contribution < 1.29 is 4.74 Å². The van der Waals surface area contributed by atoms with Gasteiger partial charge < -0.3 is 4.74 Å². The lowest BCUT2D eigenvalue weighted by Gasteiger charge is -2.37. The molecule has 1 saturated heterocycles. The summed E-state index contributed by atoms with van der Waals surface area (Å²) in [7, 11) is 1.93. The van der Waals surface area contributed by atoms with Crippen LogP contribution in [0.15, 0.2) is 6.33 Å². The average molecular weight is 289 g/mol. The number of morpholine rings is 1. The third-order valence-corrected chi connectivity index (χ3v) is 3.68. The van der Waals surface area contributed by atoms with E-state index < -0.39 is 0 Å². The van der Waals surface area contributed by atoms with Crippen LogP contribution in [-0.2, 0) is 18.3 Å². The zero-order valence-corrected chi connectivity index (χ0v) is 11.2. The highest BCUT2D eigenvalue weighted by atomic mass is 79.9. The fraction of sp³-hybridized carbons (Fsp3) is 0.800. The van der Waals surface area contributed by atoms with Gasteiger partial charge in [-0.3, -0.25) is 9.58 Å². The van der Waals surface area contributed by atoms with Crippen LogP contribution in [0, 0.1) is 0 Å². The SMILES string of the molecule is CC1COC(CBr)CN1Cc1ncnn1C. The highest BCUT2D eigenvalue weighted by Crippen LogP contribution is 2.15. The first-order chi connectivity index (χ1) is 7.70. The van der Waals surface area contributed by atoms with E-state index in [-0.39, 0.29) is 6.10 Å². The van der Waals surface area contributed by atoms with Crippen LogP contribution in [0.2, 0.25) is 0 Å². The van der Waals surface area contributed by atoms with Crippen LogP contribution in [0.3, 0.4) is 0 Å². The molecule has 2 heterocycles.